The number of hydrogen-bond donors (Lipinski definition) is 0. The molecule has 2 heterocycles. The summed E-state index contributed by atoms with van der Waals surface area (Å²) in [7, 11) is 1.64. The van der Waals surface area contributed by atoms with Crippen molar-refractivity contribution in [3.05, 3.63) is 29.9 Å². The Morgan fingerprint density at radius 2 is 2.23 bits per heavy atom. The van der Waals surface area contributed by atoms with Gasteiger partial charge in [-0.3, -0.25) is 4.98 Å². The molecule has 0 bridgehead atoms. The van der Waals surface area contributed by atoms with Crippen molar-refractivity contribution in [3.8, 4) is 16.5 Å². The molecule has 0 aromatic carbocycles. The number of nitrogens with zero attached hydrogens (tertiary/aromatic N) is 2. The third-order valence-corrected chi connectivity index (χ3v) is 2.41. The van der Waals surface area contributed by atoms with Crippen LogP contribution in [-0.4, -0.2) is 17.1 Å². The molecule has 0 atom stereocenters. The van der Waals surface area contributed by atoms with Gasteiger partial charge in [-0.2, -0.15) is 0 Å². The van der Waals surface area contributed by atoms with E-state index in [1.165, 1.54) is 0 Å². The molecule has 2 aromatic heterocycles. The first kappa shape index (κ1) is 8.19. The van der Waals surface area contributed by atoms with E-state index in [9.17, 15) is 0 Å². The van der Waals surface area contributed by atoms with Gasteiger partial charge in [-0.15, -0.1) is 11.3 Å². The molecule has 0 aliphatic rings. The van der Waals surface area contributed by atoms with Crippen LogP contribution in [0.2, 0.25) is 0 Å². The third kappa shape index (κ3) is 1.67. The second-order valence-electron chi connectivity index (χ2n) is 2.42. The molecular weight excluding hydrogens is 184 g/mol. The van der Waals surface area contributed by atoms with Gasteiger partial charge in [0, 0.05) is 23.8 Å². The van der Waals surface area contributed by atoms with Crippen molar-refractivity contribution in [2.75, 3.05) is 7.11 Å². The van der Waals surface area contributed by atoms with E-state index in [0.717, 1.165) is 16.5 Å². The van der Waals surface area contributed by atoms with E-state index in [1.807, 2.05) is 17.5 Å². The van der Waals surface area contributed by atoms with Gasteiger partial charge in [0.05, 0.1) is 7.11 Å². The topological polar surface area (TPSA) is 35.0 Å². The minimum Gasteiger partial charge on any atom is -0.497 e. The summed E-state index contributed by atoms with van der Waals surface area (Å²) < 4.78 is 5.09. The van der Waals surface area contributed by atoms with E-state index in [-0.39, 0.29) is 0 Å². The van der Waals surface area contributed by atoms with Gasteiger partial charge in [-0.05, 0) is 6.07 Å². The van der Waals surface area contributed by atoms with Crippen molar-refractivity contribution in [2.24, 2.45) is 0 Å². The first-order valence-corrected chi connectivity index (χ1v) is 4.68. The monoisotopic (exact) mass is 192 g/mol. The molecule has 0 radical (unpaired) electrons. The van der Waals surface area contributed by atoms with E-state index >= 15 is 0 Å². The third-order valence-electron chi connectivity index (χ3n) is 1.62. The Balaban J connectivity index is 2.41. The summed E-state index contributed by atoms with van der Waals surface area (Å²) >= 11 is 1.57. The smallest absolute Gasteiger partial charge is 0.141 e. The fourth-order valence-electron chi connectivity index (χ4n) is 1.01. The molecule has 0 saturated heterocycles. The second-order valence-corrected chi connectivity index (χ2v) is 3.31. The van der Waals surface area contributed by atoms with Crippen molar-refractivity contribution in [1.29, 1.82) is 0 Å². The van der Waals surface area contributed by atoms with Crippen LogP contribution in [0.3, 0.4) is 0 Å². The first-order valence-electron chi connectivity index (χ1n) is 3.80. The highest BCUT2D eigenvalue weighted by molar-refractivity contribution is 7.13. The van der Waals surface area contributed by atoms with Crippen LogP contribution in [0.1, 0.15) is 0 Å². The molecule has 2 rings (SSSR count). The lowest BCUT2D eigenvalue weighted by Gasteiger charge is -1.99. The fourth-order valence-corrected chi connectivity index (χ4v) is 1.61. The molecule has 2 aromatic rings. The zero-order valence-corrected chi connectivity index (χ0v) is 7.91. The summed E-state index contributed by atoms with van der Waals surface area (Å²) in [5.74, 6) is 0.806. The number of aromatic nitrogens is 2. The molecular formula is C9H8N2OS. The maximum atomic E-state index is 5.09. The van der Waals surface area contributed by atoms with Crippen LogP contribution >= 0.6 is 11.3 Å². The lowest BCUT2D eigenvalue weighted by molar-refractivity contribution is 0.414. The number of ether oxygens (including phenoxy) is 1. The van der Waals surface area contributed by atoms with Crippen LogP contribution in [0, 0.1) is 0 Å². The first-order chi connectivity index (χ1) is 6.40. The van der Waals surface area contributed by atoms with Crippen molar-refractivity contribution in [1.82, 2.24) is 9.97 Å². The molecule has 13 heavy (non-hydrogen) atoms. The predicted molar refractivity (Wildman–Crippen MR) is 51.9 cm³/mol. The summed E-state index contributed by atoms with van der Waals surface area (Å²) in [6, 6.07) is 3.69. The van der Waals surface area contributed by atoms with Crippen LogP contribution in [-0.2, 0) is 0 Å². The van der Waals surface area contributed by atoms with Gasteiger partial charge in [0.1, 0.15) is 16.5 Å². The van der Waals surface area contributed by atoms with Crippen molar-refractivity contribution < 1.29 is 4.74 Å². The average Bonchev–Trinajstić information content (AvgIpc) is 2.71. The van der Waals surface area contributed by atoms with Gasteiger partial charge in [-0.1, -0.05) is 0 Å². The summed E-state index contributed by atoms with van der Waals surface area (Å²) in [5, 5.41) is 2.84. The minimum absolute atomic E-state index is 0.806. The molecule has 0 fully saturated rings. The molecule has 0 spiro atoms. The van der Waals surface area contributed by atoms with Crippen LogP contribution in [0.25, 0.3) is 10.7 Å². The van der Waals surface area contributed by atoms with E-state index < -0.39 is 0 Å². The number of methoxy groups -OCH3 is 1. The van der Waals surface area contributed by atoms with Gasteiger partial charge < -0.3 is 4.74 Å². The molecule has 0 amide bonds. The largest absolute Gasteiger partial charge is 0.497 e. The Labute approximate surface area is 80.0 Å². The number of hydrogen-bond acceptors (Lipinski definition) is 4. The van der Waals surface area contributed by atoms with E-state index in [1.54, 1.807) is 30.8 Å². The number of rotatable bonds is 2. The SMILES string of the molecule is COc1ccnc(-c2nccs2)c1. The summed E-state index contributed by atoms with van der Waals surface area (Å²) in [4.78, 5) is 8.36. The van der Waals surface area contributed by atoms with Gasteiger partial charge in [0.15, 0.2) is 0 Å². The van der Waals surface area contributed by atoms with Crippen LogP contribution in [0.4, 0.5) is 0 Å². The highest BCUT2D eigenvalue weighted by Crippen LogP contribution is 2.22. The molecule has 0 N–H and O–H groups in total. The molecule has 66 valence electrons. The Morgan fingerprint density at radius 3 is 2.92 bits per heavy atom. The number of thiazole rings is 1. The average molecular weight is 192 g/mol. The molecule has 0 aliphatic carbocycles. The summed E-state index contributed by atoms with van der Waals surface area (Å²) in [5.41, 5.74) is 0.856. The van der Waals surface area contributed by atoms with Gasteiger partial charge in [-0.25, -0.2) is 4.98 Å². The highest BCUT2D eigenvalue weighted by Gasteiger charge is 2.02. The van der Waals surface area contributed by atoms with Gasteiger partial charge in [0.2, 0.25) is 0 Å². The standard InChI is InChI=1S/C9H8N2OS/c1-12-7-2-3-10-8(6-7)9-11-4-5-13-9/h2-6H,1H3. The fraction of sp³-hybridized carbons (Fsp3) is 0.111. The molecule has 4 heteroatoms. The Morgan fingerprint density at radius 1 is 1.31 bits per heavy atom. The molecule has 0 saturated carbocycles. The van der Waals surface area contributed by atoms with Crippen LogP contribution in [0.15, 0.2) is 29.9 Å². The lowest BCUT2D eigenvalue weighted by Crippen LogP contribution is -1.86. The second kappa shape index (κ2) is 3.53. The normalized spacial score (nSPS) is 9.92. The Bertz CT molecular complexity index is 386. The van der Waals surface area contributed by atoms with E-state index in [4.69, 9.17) is 4.74 Å². The van der Waals surface area contributed by atoms with Crippen LogP contribution in [0.5, 0.6) is 5.75 Å². The molecule has 3 nitrogen and oxygen atoms in total. The van der Waals surface area contributed by atoms with E-state index in [2.05, 4.69) is 9.97 Å². The van der Waals surface area contributed by atoms with Gasteiger partial charge >= 0.3 is 0 Å². The molecule has 0 unspecified atom stereocenters. The highest BCUT2D eigenvalue weighted by atomic mass is 32.1. The zero-order chi connectivity index (χ0) is 9.10. The molecule has 0 aliphatic heterocycles. The van der Waals surface area contributed by atoms with Gasteiger partial charge in [0.25, 0.3) is 0 Å². The van der Waals surface area contributed by atoms with E-state index in [0.29, 0.717) is 0 Å². The zero-order valence-electron chi connectivity index (χ0n) is 7.10. The summed E-state index contributed by atoms with van der Waals surface area (Å²) in [6.45, 7) is 0. The quantitative estimate of drug-likeness (QED) is 0.731. The maximum Gasteiger partial charge on any atom is 0.141 e. The predicted octanol–water partition coefficient (Wildman–Crippen LogP) is 2.21. The van der Waals surface area contributed by atoms with Crippen LogP contribution < -0.4 is 4.74 Å². The number of pyridine rings is 1. The van der Waals surface area contributed by atoms with Crippen molar-refractivity contribution in [3.63, 3.8) is 0 Å². The Hall–Kier alpha value is -1.42. The lowest BCUT2D eigenvalue weighted by atomic mass is 10.3. The Kier molecular flexibility index (Phi) is 2.23. The van der Waals surface area contributed by atoms with Crippen molar-refractivity contribution >= 4 is 11.3 Å². The summed E-state index contributed by atoms with van der Waals surface area (Å²) in [6.07, 6.45) is 3.48. The minimum atomic E-state index is 0.806. The van der Waals surface area contributed by atoms with Crippen molar-refractivity contribution in [2.45, 2.75) is 0 Å². The maximum absolute atomic E-state index is 5.09.